The van der Waals surface area contributed by atoms with E-state index >= 15 is 0 Å². The summed E-state index contributed by atoms with van der Waals surface area (Å²) < 4.78 is 5.31. The molecule has 31 heavy (non-hydrogen) atoms. The van der Waals surface area contributed by atoms with E-state index in [2.05, 4.69) is 10.2 Å². The first-order valence-corrected chi connectivity index (χ1v) is 10.5. The number of aliphatic hydroxyl groups is 1. The third-order valence-electron chi connectivity index (χ3n) is 5.71. The maximum absolute atomic E-state index is 12.7. The van der Waals surface area contributed by atoms with Crippen LogP contribution in [0.15, 0.2) is 48.5 Å². The number of hydrogen-bond donors (Lipinski definition) is 2. The number of carbonyl (C=O) groups is 1. The molecule has 1 fully saturated rings. The van der Waals surface area contributed by atoms with E-state index in [1.54, 1.807) is 25.3 Å². The molecule has 1 saturated carbocycles. The molecule has 0 saturated heterocycles. The topological polar surface area (TPSA) is 105 Å². The lowest BCUT2D eigenvalue weighted by atomic mass is 9.91. The summed E-state index contributed by atoms with van der Waals surface area (Å²) in [4.78, 5) is 25.6. The molecule has 0 unspecified atom stereocenters. The fourth-order valence-corrected chi connectivity index (χ4v) is 4.02. The SMILES string of the molecule is COc1cccc(CN(CC(=O)NCc2ccccc2[N+](=O)[O-])C2CCC(O)CC2)c1. The summed E-state index contributed by atoms with van der Waals surface area (Å²) in [7, 11) is 1.62. The van der Waals surface area contributed by atoms with Gasteiger partial charge in [0.1, 0.15) is 5.75 Å². The average Bonchev–Trinajstić information content (AvgIpc) is 2.78. The molecule has 0 radical (unpaired) electrons. The first-order chi connectivity index (χ1) is 15.0. The highest BCUT2D eigenvalue weighted by molar-refractivity contribution is 5.78. The van der Waals surface area contributed by atoms with Gasteiger partial charge in [-0.15, -0.1) is 0 Å². The van der Waals surface area contributed by atoms with Crippen LogP contribution in [0.25, 0.3) is 0 Å². The van der Waals surface area contributed by atoms with Gasteiger partial charge in [-0.2, -0.15) is 0 Å². The molecule has 0 aliphatic heterocycles. The highest BCUT2D eigenvalue weighted by Gasteiger charge is 2.26. The monoisotopic (exact) mass is 427 g/mol. The Kier molecular flexibility index (Phi) is 7.97. The Hall–Kier alpha value is -2.97. The van der Waals surface area contributed by atoms with E-state index in [4.69, 9.17) is 4.74 Å². The standard InChI is InChI=1S/C23H29N3O5/c1-31-21-7-4-5-17(13-21)15-25(19-9-11-20(27)12-10-19)16-23(28)24-14-18-6-2-3-8-22(18)26(29)30/h2-8,13,19-20,27H,9-12,14-16H2,1H3,(H,24,28). The van der Waals surface area contributed by atoms with Crippen LogP contribution in [-0.2, 0) is 17.9 Å². The molecule has 0 atom stereocenters. The number of nitro groups is 1. The molecule has 2 N–H and O–H groups in total. The van der Waals surface area contributed by atoms with E-state index in [0.29, 0.717) is 12.1 Å². The van der Waals surface area contributed by atoms with Gasteiger partial charge in [-0.05, 0) is 43.4 Å². The lowest BCUT2D eigenvalue weighted by molar-refractivity contribution is -0.385. The molecular formula is C23H29N3O5. The van der Waals surface area contributed by atoms with Gasteiger partial charge in [0, 0.05) is 30.8 Å². The van der Waals surface area contributed by atoms with Crippen LogP contribution in [0.4, 0.5) is 5.69 Å². The smallest absolute Gasteiger partial charge is 0.274 e. The van der Waals surface area contributed by atoms with Gasteiger partial charge in [-0.25, -0.2) is 0 Å². The van der Waals surface area contributed by atoms with Crippen molar-refractivity contribution in [1.29, 1.82) is 0 Å². The number of aliphatic hydroxyl groups excluding tert-OH is 1. The molecule has 166 valence electrons. The fraction of sp³-hybridized carbons (Fsp3) is 0.435. The van der Waals surface area contributed by atoms with E-state index in [9.17, 15) is 20.0 Å². The Morgan fingerprint density at radius 2 is 1.94 bits per heavy atom. The zero-order valence-electron chi connectivity index (χ0n) is 17.7. The average molecular weight is 428 g/mol. The zero-order chi connectivity index (χ0) is 22.2. The van der Waals surface area contributed by atoms with Gasteiger partial charge in [0.05, 0.1) is 24.7 Å². The van der Waals surface area contributed by atoms with Crippen molar-refractivity contribution in [3.8, 4) is 5.75 Å². The molecule has 0 heterocycles. The van der Waals surface area contributed by atoms with Gasteiger partial charge in [-0.1, -0.05) is 30.3 Å². The van der Waals surface area contributed by atoms with Gasteiger partial charge in [0.25, 0.3) is 5.69 Å². The number of carbonyl (C=O) groups excluding carboxylic acids is 1. The van der Waals surface area contributed by atoms with Crippen LogP contribution in [0.1, 0.15) is 36.8 Å². The maximum atomic E-state index is 12.7. The quantitative estimate of drug-likeness (QED) is 0.471. The zero-order valence-corrected chi connectivity index (χ0v) is 17.7. The molecule has 0 bridgehead atoms. The van der Waals surface area contributed by atoms with E-state index in [1.165, 1.54) is 6.07 Å². The summed E-state index contributed by atoms with van der Waals surface area (Å²) in [6.07, 6.45) is 2.81. The van der Waals surface area contributed by atoms with Crippen LogP contribution in [0, 0.1) is 10.1 Å². The Bertz CT molecular complexity index is 896. The molecular weight excluding hydrogens is 398 g/mol. The minimum Gasteiger partial charge on any atom is -0.497 e. The predicted octanol–water partition coefficient (Wildman–Crippen LogP) is 3.03. The van der Waals surface area contributed by atoms with Crippen LogP contribution < -0.4 is 10.1 Å². The van der Waals surface area contributed by atoms with Gasteiger partial charge in [0.15, 0.2) is 0 Å². The number of nitrogens with zero attached hydrogens (tertiary/aromatic N) is 2. The van der Waals surface area contributed by atoms with Crippen molar-refractivity contribution in [3.05, 3.63) is 69.8 Å². The summed E-state index contributed by atoms with van der Waals surface area (Å²) in [5.74, 6) is 0.574. The van der Waals surface area contributed by atoms with Gasteiger partial charge >= 0.3 is 0 Å². The number of methoxy groups -OCH3 is 1. The van der Waals surface area contributed by atoms with E-state index in [0.717, 1.165) is 37.0 Å². The van der Waals surface area contributed by atoms with Crippen LogP contribution >= 0.6 is 0 Å². The molecule has 2 aromatic rings. The molecule has 0 spiro atoms. The van der Waals surface area contributed by atoms with E-state index in [1.807, 2.05) is 24.3 Å². The van der Waals surface area contributed by atoms with Crippen LogP contribution in [-0.4, -0.2) is 46.6 Å². The van der Waals surface area contributed by atoms with Crippen molar-refractivity contribution >= 4 is 11.6 Å². The van der Waals surface area contributed by atoms with Crippen LogP contribution in [0.5, 0.6) is 5.75 Å². The first-order valence-electron chi connectivity index (χ1n) is 10.5. The van der Waals surface area contributed by atoms with Crippen molar-refractivity contribution < 1.29 is 19.6 Å². The van der Waals surface area contributed by atoms with Crippen molar-refractivity contribution in [2.24, 2.45) is 0 Å². The maximum Gasteiger partial charge on any atom is 0.274 e. The van der Waals surface area contributed by atoms with Crippen molar-refractivity contribution in [3.63, 3.8) is 0 Å². The van der Waals surface area contributed by atoms with Gasteiger partial charge in [0.2, 0.25) is 5.91 Å². The molecule has 1 aliphatic rings. The summed E-state index contributed by atoms with van der Waals surface area (Å²) in [6.45, 7) is 0.863. The molecule has 1 amide bonds. The van der Waals surface area contributed by atoms with Crippen LogP contribution in [0.3, 0.4) is 0 Å². The largest absolute Gasteiger partial charge is 0.497 e. The van der Waals surface area contributed by atoms with E-state index < -0.39 is 4.92 Å². The lowest BCUT2D eigenvalue weighted by Crippen LogP contribution is -2.44. The Morgan fingerprint density at radius 1 is 1.19 bits per heavy atom. The number of para-hydroxylation sites is 1. The van der Waals surface area contributed by atoms with Gasteiger partial charge in [-0.3, -0.25) is 19.8 Å². The number of ether oxygens (including phenoxy) is 1. The second-order valence-electron chi connectivity index (χ2n) is 7.88. The van der Waals surface area contributed by atoms with Crippen molar-refractivity contribution in [1.82, 2.24) is 10.2 Å². The summed E-state index contributed by atoms with van der Waals surface area (Å²) >= 11 is 0. The molecule has 1 aliphatic carbocycles. The number of amides is 1. The van der Waals surface area contributed by atoms with E-state index in [-0.39, 0.29) is 36.8 Å². The number of hydrogen-bond acceptors (Lipinski definition) is 6. The van der Waals surface area contributed by atoms with Crippen molar-refractivity contribution in [2.75, 3.05) is 13.7 Å². The molecule has 2 aromatic carbocycles. The second kappa shape index (κ2) is 10.9. The highest BCUT2D eigenvalue weighted by atomic mass is 16.6. The third kappa shape index (κ3) is 6.50. The Morgan fingerprint density at radius 3 is 2.65 bits per heavy atom. The summed E-state index contributed by atoms with van der Waals surface area (Å²) in [6, 6.07) is 14.3. The minimum atomic E-state index is -0.441. The number of rotatable bonds is 9. The summed E-state index contributed by atoms with van der Waals surface area (Å²) in [5, 5.41) is 23.9. The number of benzene rings is 2. The van der Waals surface area contributed by atoms with Crippen molar-refractivity contribution in [2.45, 2.75) is 50.9 Å². The molecule has 8 nitrogen and oxygen atoms in total. The first kappa shape index (κ1) is 22.7. The second-order valence-corrected chi connectivity index (χ2v) is 7.88. The fourth-order valence-electron chi connectivity index (χ4n) is 4.02. The number of nitrogens with one attached hydrogen (secondary N) is 1. The predicted molar refractivity (Wildman–Crippen MR) is 117 cm³/mol. The van der Waals surface area contributed by atoms with Crippen LogP contribution in [0.2, 0.25) is 0 Å². The summed E-state index contributed by atoms with van der Waals surface area (Å²) in [5.41, 5.74) is 1.51. The molecule has 3 rings (SSSR count). The number of nitro benzene ring substituents is 1. The molecule has 0 aromatic heterocycles. The normalized spacial score (nSPS) is 18.5. The minimum absolute atomic E-state index is 0.00250. The lowest BCUT2D eigenvalue weighted by Gasteiger charge is -2.35. The Labute approximate surface area is 182 Å². The molecule has 8 heteroatoms. The Balaban J connectivity index is 1.67. The highest BCUT2D eigenvalue weighted by Crippen LogP contribution is 2.25. The van der Waals surface area contributed by atoms with Gasteiger partial charge < -0.3 is 15.2 Å². The third-order valence-corrected chi connectivity index (χ3v) is 5.71.